The first kappa shape index (κ1) is 8.24. The fourth-order valence-corrected chi connectivity index (χ4v) is 0.856. The highest BCUT2D eigenvalue weighted by Crippen LogP contribution is 2.05. The number of hydrogen-bond acceptors (Lipinski definition) is 3. The number of carbonyl (C=O) groups excluding carboxylic acids is 1. The molecule has 0 aromatic heterocycles. The van der Waals surface area contributed by atoms with Crippen molar-refractivity contribution in [3.8, 4) is 6.07 Å². The van der Waals surface area contributed by atoms with Gasteiger partial charge in [-0.1, -0.05) is 12.1 Å². The molecule has 1 aromatic rings. The van der Waals surface area contributed by atoms with E-state index in [0.29, 0.717) is 11.1 Å². The molecule has 0 unspecified atom stereocenters. The molecule has 0 bridgehead atoms. The van der Waals surface area contributed by atoms with E-state index in [0.717, 1.165) is 0 Å². The maximum Gasteiger partial charge on any atom is 0.266 e. The van der Waals surface area contributed by atoms with Crippen LogP contribution in [0, 0.1) is 11.3 Å². The number of nitrogens with zero attached hydrogens (tertiary/aromatic N) is 1. The highest BCUT2D eigenvalue weighted by atomic mass is 16.2. The van der Waals surface area contributed by atoms with E-state index in [4.69, 9.17) is 11.1 Å². The molecule has 0 radical (unpaired) electrons. The number of nitrogens with one attached hydrogen (secondary N) is 1. The van der Waals surface area contributed by atoms with Crippen molar-refractivity contribution in [2.75, 3.05) is 0 Å². The lowest BCUT2D eigenvalue weighted by Crippen LogP contribution is -2.30. The number of amides is 1. The van der Waals surface area contributed by atoms with Gasteiger partial charge in [0.25, 0.3) is 5.91 Å². The number of nitriles is 1. The van der Waals surface area contributed by atoms with E-state index in [1.807, 2.05) is 11.5 Å². The van der Waals surface area contributed by atoms with Gasteiger partial charge in [-0.2, -0.15) is 5.26 Å². The van der Waals surface area contributed by atoms with Gasteiger partial charge in [0.1, 0.15) is 0 Å². The molecular weight excluding hydrogens is 154 g/mol. The van der Waals surface area contributed by atoms with Crippen LogP contribution < -0.4 is 11.3 Å². The molecular formula is C8H7N3O. The third-order valence-corrected chi connectivity index (χ3v) is 1.42. The molecule has 4 nitrogen and oxygen atoms in total. The number of rotatable bonds is 1. The van der Waals surface area contributed by atoms with E-state index in [1.54, 1.807) is 24.3 Å². The van der Waals surface area contributed by atoms with E-state index in [1.165, 1.54) is 0 Å². The molecule has 0 spiro atoms. The summed E-state index contributed by atoms with van der Waals surface area (Å²) in [6.45, 7) is 0. The number of benzene rings is 1. The van der Waals surface area contributed by atoms with Crippen LogP contribution in [-0.2, 0) is 0 Å². The van der Waals surface area contributed by atoms with E-state index >= 15 is 0 Å². The minimum absolute atomic E-state index is 0.294. The summed E-state index contributed by atoms with van der Waals surface area (Å²) in [5, 5.41) is 8.59. The Morgan fingerprint density at radius 2 is 2.17 bits per heavy atom. The quantitative estimate of drug-likeness (QED) is 0.350. The van der Waals surface area contributed by atoms with Gasteiger partial charge in [0, 0.05) is 0 Å². The second-order valence-electron chi connectivity index (χ2n) is 2.13. The van der Waals surface area contributed by atoms with Crippen LogP contribution in [0.15, 0.2) is 24.3 Å². The molecule has 1 amide bonds. The SMILES string of the molecule is N#Cc1ccccc1C(=O)NN. The predicted octanol–water partition coefficient (Wildman–Crippen LogP) is 0.162. The van der Waals surface area contributed by atoms with Crippen LogP contribution in [0.3, 0.4) is 0 Å². The largest absolute Gasteiger partial charge is 0.290 e. The van der Waals surface area contributed by atoms with Gasteiger partial charge in [0.15, 0.2) is 0 Å². The zero-order chi connectivity index (χ0) is 8.97. The average molecular weight is 161 g/mol. The Balaban J connectivity index is 3.16. The Morgan fingerprint density at radius 3 is 2.75 bits per heavy atom. The summed E-state index contributed by atoms with van der Waals surface area (Å²) in [7, 11) is 0. The Labute approximate surface area is 69.6 Å². The first-order valence-corrected chi connectivity index (χ1v) is 3.29. The van der Waals surface area contributed by atoms with Gasteiger partial charge in [-0.25, -0.2) is 5.84 Å². The van der Waals surface area contributed by atoms with Gasteiger partial charge in [-0.15, -0.1) is 0 Å². The normalized spacial score (nSPS) is 8.67. The van der Waals surface area contributed by atoms with Crippen molar-refractivity contribution in [3.05, 3.63) is 35.4 Å². The first-order chi connectivity index (χ1) is 5.79. The van der Waals surface area contributed by atoms with Gasteiger partial charge in [-0.3, -0.25) is 10.2 Å². The molecule has 1 aromatic carbocycles. The maximum absolute atomic E-state index is 11.0. The van der Waals surface area contributed by atoms with E-state index < -0.39 is 5.91 Å². The van der Waals surface area contributed by atoms with Crippen LogP contribution >= 0.6 is 0 Å². The molecule has 0 heterocycles. The molecule has 0 aliphatic heterocycles. The summed E-state index contributed by atoms with van der Waals surface area (Å²) >= 11 is 0. The van der Waals surface area contributed by atoms with Gasteiger partial charge < -0.3 is 0 Å². The monoisotopic (exact) mass is 161 g/mol. The summed E-state index contributed by atoms with van der Waals surface area (Å²) < 4.78 is 0. The molecule has 0 fully saturated rings. The number of hydrogen-bond donors (Lipinski definition) is 2. The third kappa shape index (κ3) is 1.41. The summed E-state index contributed by atoms with van der Waals surface area (Å²) in [4.78, 5) is 11.0. The Bertz CT molecular complexity index is 340. The second kappa shape index (κ2) is 3.51. The molecule has 12 heavy (non-hydrogen) atoms. The van der Waals surface area contributed by atoms with E-state index in [9.17, 15) is 4.79 Å². The lowest BCUT2D eigenvalue weighted by Gasteiger charge is -1.99. The highest BCUT2D eigenvalue weighted by Gasteiger charge is 2.07. The molecule has 60 valence electrons. The zero-order valence-corrected chi connectivity index (χ0v) is 6.24. The third-order valence-electron chi connectivity index (χ3n) is 1.42. The predicted molar refractivity (Wildman–Crippen MR) is 42.8 cm³/mol. The van der Waals surface area contributed by atoms with Crippen LogP contribution in [0.2, 0.25) is 0 Å². The van der Waals surface area contributed by atoms with Gasteiger partial charge in [-0.05, 0) is 12.1 Å². The van der Waals surface area contributed by atoms with Gasteiger partial charge in [0.2, 0.25) is 0 Å². The van der Waals surface area contributed by atoms with Crippen LogP contribution in [0.4, 0.5) is 0 Å². The van der Waals surface area contributed by atoms with Crippen LogP contribution in [0.1, 0.15) is 15.9 Å². The number of hydrazine groups is 1. The highest BCUT2D eigenvalue weighted by molar-refractivity contribution is 5.96. The summed E-state index contributed by atoms with van der Waals surface area (Å²) in [6.07, 6.45) is 0. The second-order valence-corrected chi connectivity index (χ2v) is 2.13. The average Bonchev–Trinajstić information content (AvgIpc) is 2.16. The van der Waals surface area contributed by atoms with Crippen LogP contribution in [0.25, 0.3) is 0 Å². The van der Waals surface area contributed by atoms with Crippen molar-refractivity contribution < 1.29 is 4.79 Å². The minimum Gasteiger partial charge on any atom is -0.290 e. The smallest absolute Gasteiger partial charge is 0.266 e. The Kier molecular flexibility index (Phi) is 2.41. The van der Waals surface area contributed by atoms with Crippen molar-refractivity contribution in [1.29, 1.82) is 5.26 Å². The maximum atomic E-state index is 11.0. The van der Waals surface area contributed by atoms with Gasteiger partial charge >= 0.3 is 0 Å². The molecule has 3 N–H and O–H groups in total. The number of carbonyl (C=O) groups is 1. The number of nitrogen functional groups attached to an aromatic ring is 1. The molecule has 0 aliphatic rings. The van der Waals surface area contributed by atoms with E-state index in [-0.39, 0.29) is 0 Å². The lowest BCUT2D eigenvalue weighted by molar-refractivity contribution is 0.0953. The van der Waals surface area contributed by atoms with Crippen molar-refractivity contribution in [2.45, 2.75) is 0 Å². The lowest BCUT2D eigenvalue weighted by atomic mass is 10.1. The molecule has 0 atom stereocenters. The summed E-state index contributed by atoms with van der Waals surface area (Å²) in [5.74, 6) is 4.47. The topological polar surface area (TPSA) is 78.9 Å². The molecule has 1 rings (SSSR count). The fourth-order valence-electron chi connectivity index (χ4n) is 0.856. The summed E-state index contributed by atoms with van der Waals surface area (Å²) in [5.41, 5.74) is 2.58. The first-order valence-electron chi connectivity index (χ1n) is 3.29. The Morgan fingerprint density at radius 1 is 1.50 bits per heavy atom. The van der Waals surface area contributed by atoms with Crippen molar-refractivity contribution >= 4 is 5.91 Å². The standard InChI is InChI=1S/C8H7N3O/c9-5-6-3-1-2-4-7(6)8(12)11-10/h1-4H,10H2,(H,11,12). The van der Waals surface area contributed by atoms with Crippen molar-refractivity contribution in [2.24, 2.45) is 5.84 Å². The Hall–Kier alpha value is -1.86. The van der Waals surface area contributed by atoms with Crippen LogP contribution in [-0.4, -0.2) is 5.91 Å². The summed E-state index contributed by atoms with van der Waals surface area (Å²) in [6, 6.07) is 8.36. The van der Waals surface area contributed by atoms with Crippen molar-refractivity contribution in [1.82, 2.24) is 5.43 Å². The molecule has 0 saturated carbocycles. The molecule has 0 saturated heterocycles. The zero-order valence-electron chi connectivity index (χ0n) is 6.24. The minimum atomic E-state index is -0.452. The van der Waals surface area contributed by atoms with E-state index in [2.05, 4.69) is 0 Å². The van der Waals surface area contributed by atoms with Crippen molar-refractivity contribution in [3.63, 3.8) is 0 Å². The van der Waals surface area contributed by atoms with Gasteiger partial charge in [0.05, 0.1) is 17.2 Å². The fraction of sp³-hybridized carbons (Fsp3) is 0. The molecule has 0 aliphatic carbocycles. The van der Waals surface area contributed by atoms with Crippen LogP contribution in [0.5, 0.6) is 0 Å². The molecule has 4 heteroatoms. The number of nitrogens with two attached hydrogens (primary N) is 1.